The van der Waals surface area contributed by atoms with Crippen molar-refractivity contribution in [2.45, 2.75) is 45.6 Å². The molecule has 1 amide bonds. The fourth-order valence-corrected chi connectivity index (χ4v) is 2.73. The summed E-state index contributed by atoms with van der Waals surface area (Å²) in [6, 6.07) is 8.04. The third-order valence-corrected chi connectivity index (χ3v) is 3.97. The van der Waals surface area contributed by atoms with Crippen LogP contribution < -0.4 is 10.2 Å². The Kier molecular flexibility index (Phi) is 6.05. The van der Waals surface area contributed by atoms with Gasteiger partial charge in [-0.25, -0.2) is 0 Å². The van der Waals surface area contributed by atoms with Crippen LogP contribution in [0.4, 0.5) is 11.4 Å². The van der Waals surface area contributed by atoms with E-state index in [0.29, 0.717) is 6.42 Å². The van der Waals surface area contributed by atoms with Crippen molar-refractivity contribution in [1.29, 1.82) is 0 Å². The number of hydrogen-bond donors (Lipinski definition) is 1. The Morgan fingerprint density at radius 3 is 2.52 bits per heavy atom. The summed E-state index contributed by atoms with van der Waals surface area (Å²) in [5.74, 6) is 0.0393. The number of carbonyl (C=O) groups is 1. The van der Waals surface area contributed by atoms with Crippen molar-refractivity contribution < 1.29 is 9.53 Å². The van der Waals surface area contributed by atoms with Crippen molar-refractivity contribution in [3.05, 3.63) is 24.3 Å². The Morgan fingerprint density at radius 2 is 1.95 bits per heavy atom. The number of amides is 1. The van der Waals surface area contributed by atoms with Crippen molar-refractivity contribution >= 4 is 17.3 Å². The van der Waals surface area contributed by atoms with Crippen LogP contribution in [-0.4, -0.2) is 31.7 Å². The van der Waals surface area contributed by atoms with Crippen LogP contribution in [0.3, 0.4) is 0 Å². The molecule has 1 aliphatic heterocycles. The van der Waals surface area contributed by atoms with Gasteiger partial charge in [0.25, 0.3) is 0 Å². The second-order valence-corrected chi connectivity index (χ2v) is 5.46. The molecular weight excluding hydrogens is 264 g/mol. The molecule has 1 aromatic carbocycles. The first-order valence-corrected chi connectivity index (χ1v) is 7.99. The van der Waals surface area contributed by atoms with E-state index in [1.807, 2.05) is 12.1 Å². The van der Waals surface area contributed by atoms with Crippen molar-refractivity contribution in [2.75, 3.05) is 29.9 Å². The number of nitrogens with zero attached hydrogens (tertiary/aromatic N) is 1. The van der Waals surface area contributed by atoms with Gasteiger partial charge in [-0.3, -0.25) is 4.79 Å². The maximum atomic E-state index is 12.0. The molecule has 0 saturated carbocycles. The van der Waals surface area contributed by atoms with Gasteiger partial charge in [0.2, 0.25) is 5.91 Å². The molecule has 1 aromatic rings. The van der Waals surface area contributed by atoms with Gasteiger partial charge in [0.1, 0.15) is 0 Å². The van der Waals surface area contributed by atoms with Crippen LogP contribution in [0.1, 0.15) is 39.5 Å². The number of nitrogens with one attached hydrogen (secondary N) is 1. The van der Waals surface area contributed by atoms with Crippen molar-refractivity contribution in [1.82, 2.24) is 0 Å². The van der Waals surface area contributed by atoms with E-state index in [2.05, 4.69) is 36.2 Å². The fraction of sp³-hybridized carbons (Fsp3) is 0.588. The summed E-state index contributed by atoms with van der Waals surface area (Å²) < 4.78 is 5.60. The minimum absolute atomic E-state index is 0.0393. The fourth-order valence-electron chi connectivity index (χ4n) is 2.73. The lowest BCUT2D eigenvalue weighted by Gasteiger charge is -2.22. The second kappa shape index (κ2) is 8.03. The molecule has 1 unspecified atom stereocenters. The zero-order valence-electron chi connectivity index (χ0n) is 13.1. The van der Waals surface area contributed by atoms with E-state index in [9.17, 15) is 4.79 Å². The van der Waals surface area contributed by atoms with E-state index in [0.717, 1.165) is 44.6 Å². The molecule has 0 spiro atoms. The van der Waals surface area contributed by atoms with Gasteiger partial charge in [-0.2, -0.15) is 0 Å². The van der Waals surface area contributed by atoms with Crippen LogP contribution in [0.5, 0.6) is 0 Å². The molecule has 116 valence electrons. The highest BCUT2D eigenvalue weighted by atomic mass is 16.5. The normalized spacial score (nSPS) is 18.3. The Balaban J connectivity index is 1.86. The van der Waals surface area contributed by atoms with E-state index < -0.39 is 0 Å². The molecule has 1 N–H and O–H groups in total. The summed E-state index contributed by atoms with van der Waals surface area (Å²) >= 11 is 0. The van der Waals surface area contributed by atoms with Gasteiger partial charge in [-0.15, -0.1) is 0 Å². The van der Waals surface area contributed by atoms with Crippen molar-refractivity contribution in [2.24, 2.45) is 0 Å². The monoisotopic (exact) mass is 290 g/mol. The summed E-state index contributed by atoms with van der Waals surface area (Å²) in [5, 5.41) is 2.95. The maximum Gasteiger partial charge on any atom is 0.226 e. The average Bonchev–Trinajstić information content (AvgIpc) is 2.51. The summed E-state index contributed by atoms with van der Waals surface area (Å²) in [7, 11) is 0. The van der Waals surface area contributed by atoms with E-state index in [4.69, 9.17) is 4.74 Å². The molecule has 0 bridgehead atoms. The quantitative estimate of drug-likeness (QED) is 0.872. The first-order chi connectivity index (χ1) is 10.2. The zero-order valence-corrected chi connectivity index (χ0v) is 13.1. The Labute approximate surface area is 127 Å². The van der Waals surface area contributed by atoms with E-state index in [1.165, 1.54) is 5.69 Å². The van der Waals surface area contributed by atoms with Crippen LogP contribution in [0.25, 0.3) is 0 Å². The first-order valence-electron chi connectivity index (χ1n) is 7.99. The van der Waals surface area contributed by atoms with Gasteiger partial charge in [0.05, 0.1) is 12.5 Å². The van der Waals surface area contributed by atoms with Gasteiger partial charge >= 0.3 is 0 Å². The highest BCUT2D eigenvalue weighted by molar-refractivity contribution is 5.91. The maximum absolute atomic E-state index is 12.0. The van der Waals surface area contributed by atoms with E-state index in [-0.39, 0.29) is 12.0 Å². The molecule has 0 radical (unpaired) electrons. The predicted molar refractivity (Wildman–Crippen MR) is 86.8 cm³/mol. The first kappa shape index (κ1) is 15.8. The molecular formula is C17H26N2O2. The molecule has 2 rings (SSSR count). The second-order valence-electron chi connectivity index (χ2n) is 5.46. The highest BCUT2D eigenvalue weighted by Crippen LogP contribution is 2.19. The Hall–Kier alpha value is -1.55. The summed E-state index contributed by atoms with van der Waals surface area (Å²) in [6.45, 7) is 7.05. The summed E-state index contributed by atoms with van der Waals surface area (Å²) in [5.41, 5.74) is 2.04. The lowest BCUT2D eigenvalue weighted by atomic mass is 10.1. The standard InChI is InChI=1S/C17H26N2O2/c1-3-19(4-2)15-10-8-14(9-11-15)18-17(20)13-16-7-5-6-12-21-16/h8-11,16H,3-7,12-13H2,1-2H3,(H,18,20). The van der Waals surface area contributed by atoms with Crippen LogP contribution in [0, 0.1) is 0 Å². The number of benzene rings is 1. The predicted octanol–water partition coefficient (Wildman–Crippen LogP) is 3.43. The molecule has 0 aliphatic carbocycles. The lowest BCUT2D eigenvalue weighted by molar-refractivity contribution is -0.119. The third kappa shape index (κ3) is 4.74. The molecule has 1 atom stereocenters. The number of anilines is 2. The van der Waals surface area contributed by atoms with Gasteiger partial charge in [0.15, 0.2) is 0 Å². The van der Waals surface area contributed by atoms with Gasteiger partial charge < -0.3 is 15.0 Å². The number of ether oxygens (including phenoxy) is 1. The molecule has 4 heteroatoms. The third-order valence-electron chi connectivity index (χ3n) is 3.97. The lowest BCUT2D eigenvalue weighted by Crippen LogP contribution is -2.25. The average molecular weight is 290 g/mol. The summed E-state index contributed by atoms with van der Waals surface area (Å²) in [4.78, 5) is 14.3. The van der Waals surface area contributed by atoms with Crippen molar-refractivity contribution in [3.8, 4) is 0 Å². The molecule has 1 heterocycles. The van der Waals surface area contributed by atoms with E-state index in [1.54, 1.807) is 0 Å². The van der Waals surface area contributed by atoms with Crippen LogP contribution >= 0.6 is 0 Å². The van der Waals surface area contributed by atoms with E-state index >= 15 is 0 Å². The smallest absolute Gasteiger partial charge is 0.226 e. The molecule has 1 saturated heterocycles. The van der Waals surface area contributed by atoms with Gasteiger partial charge in [0, 0.05) is 31.1 Å². The molecule has 1 aliphatic rings. The molecule has 1 fully saturated rings. The highest BCUT2D eigenvalue weighted by Gasteiger charge is 2.17. The summed E-state index contributed by atoms with van der Waals surface area (Å²) in [6.07, 6.45) is 3.82. The molecule has 4 nitrogen and oxygen atoms in total. The number of rotatable bonds is 6. The van der Waals surface area contributed by atoms with Crippen LogP contribution in [0.2, 0.25) is 0 Å². The SMILES string of the molecule is CCN(CC)c1ccc(NC(=O)CC2CCCCO2)cc1. The molecule has 21 heavy (non-hydrogen) atoms. The van der Waals surface area contributed by atoms with Crippen LogP contribution in [-0.2, 0) is 9.53 Å². The topological polar surface area (TPSA) is 41.6 Å². The molecule has 0 aromatic heterocycles. The van der Waals surface area contributed by atoms with Gasteiger partial charge in [-0.1, -0.05) is 0 Å². The number of carbonyl (C=O) groups excluding carboxylic acids is 1. The zero-order chi connectivity index (χ0) is 15.1. The van der Waals surface area contributed by atoms with Gasteiger partial charge in [-0.05, 0) is 57.4 Å². The minimum atomic E-state index is 0.0393. The van der Waals surface area contributed by atoms with Crippen LogP contribution in [0.15, 0.2) is 24.3 Å². The largest absolute Gasteiger partial charge is 0.378 e. The minimum Gasteiger partial charge on any atom is -0.378 e. The Morgan fingerprint density at radius 1 is 1.24 bits per heavy atom. The number of hydrogen-bond acceptors (Lipinski definition) is 3. The van der Waals surface area contributed by atoms with Crippen molar-refractivity contribution in [3.63, 3.8) is 0 Å². The Bertz CT molecular complexity index is 435.